The van der Waals surface area contributed by atoms with Crippen molar-refractivity contribution in [1.29, 1.82) is 0 Å². The van der Waals surface area contributed by atoms with E-state index in [4.69, 9.17) is 11.6 Å². The van der Waals surface area contributed by atoms with Gasteiger partial charge in [0.1, 0.15) is 0 Å². The third kappa shape index (κ3) is 8.12. The number of rotatable bonds is 2. The molecule has 9 heavy (non-hydrogen) atoms. The van der Waals surface area contributed by atoms with Gasteiger partial charge in [-0.25, -0.2) is 4.79 Å². The average Bonchev–Trinajstić information content (AvgIpc) is 1.65. The Balaban J connectivity index is 0. The minimum absolute atomic E-state index is 0. The largest absolute Gasteiger partial charge is 0.443 e. The van der Waals surface area contributed by atoms with E-state index in [0.717, 1.165) is 6.08 Å². The zero-order chi connectivity index (χ0) is 6.57. The van der Waals surface area contributed by atoms with Gasteiger partial charge in [0, 0.05) is 25.6 Å². The van der Waals surface area contributed by atoms with E-state index >= 15 is 0 Å². The molecular weight excluding hydrogens is 229 g/mol. The van der Waals surface area contributed by atoms with Crippen LogP contribution in [0.1, 0.15) is 6.92 Å². The van der Waals surface area contributed by atoms with E-state index in [-0.39, 0.29) is 19.5 Å². The van der Waals surface area contributed by atoms with Crippen LogP contribution in [-0.4, -0.2) is 11.5 Å². The van der Waals surface area contributed by atoms with Crippen LogP contribution in [0.2, 0.25) is 0 Å². The topological polar surface area (TPSA) is 26.3 Å². The van der Waals surface area contributed by atoms with E-state index in [1.54, 1.807) is 6.92 Å². The fourth-order valence-corrected chi connectivity index (χ4v) is 0.296. The molecule has 0 aromatic carbocycles. The van der Waals surface area contributed by atoms with Gasteiger partial charge in [0.25, 0.3) is 0 Å². The van der Waals surface area contributed by atoms with Crippen molar-refractivity contribution in [3.05, 3.63) is 12.7 Å². The van der Waals surface area contributed by atoms with Crippen molar-refractivity contribution < 1.29 is 29.0 Å². The van der Waals surface area contributed by atoms with Gasteiger partial charge >= 0.3 is 5.97 Å². The van der Waals surface area contributed by atoms with Crippen LogP contribution in [0.3, 0.4) is 0 Å². The molecule has 0 N–H and O–H groups in total. The summed E-state index contributed by atoms with van der Waals surface area (Å²) in [5, 5.41) is 0. The molecule has 2 nitrogen and oxygen atoms in total. The predicted octanol–water partition coefficient (Wildman–Crippen LogP) is 1.30. The van der Waals surface area contributed by atoms with E-state index in [1.807, 2.05) is 0 Å². The van der Waals surface area contributed by atoms with Gasteiger partial charge in [0.15, 0.2) is 5.56 Å². The first-order valence-electron chi connectivity index (χ1n) is 2.14. The van der Waals surface area contributed by atoms with E-state index < -0.39 is 11.5 Å². The number of hydrogen-bond acceptors (Lipinski definition) is 2. The van der Waals surface area contributed by atoms with Gasteiger partial charge in [0.05, 0.1) is 0 Å². The number of alkyl halides is 1. The molecule has 0 aliphatic rings. The molecule has 0 fully saturated rings. The van der Waals surface area contributed by atoms with E-state index in [9.17, 15) is 4.79 Å². The molecule has 0 bridgehead atoms. The van der Waals surface area contributed by atoms with Crippen LogP contribution in [0.25, 0.3) is 0 Å². The zero-order valence-electron chi connectivity index (χ0n) is 4.91. The summed E-state index contributed by atoms with van der Waals surface area (Å²) in [6, 6.07) is 0. The maximum atomic E-state index is 10.2. The van der Waals surface area contributed by atoms with Crippen LogP contribution >= 0.6 is 11.6 Å². The van der Waals surface area contributed by atoms with Crippen LogP contribution in [0, 0.1) is 0 Å². The molecule has 1 atom stereocenters. The van der Waals surface area contributed by atoms with Gasteiger partial charge in [0.2, 0.25) is 0 Å². The Hall–Kier alpha value is 0.123. The zero-order valence-corrected chi connectivity index (χ0v) is 7.40. The molecule has 0 amide bonds. The van der Waals surface area contributed by atoms with Crippen molar-refractivity contribution in [2.24, 2.45) is 0 Å². The Morgan fingerprint density at radius 2 is 2.33 bits per heavy atom. The normalized spacial score (nSPS) is 10.9. The van der Waals surface area contributed by atoms with E-state index in [1.165, 1.54) is 0 Å². The first-order valence-corrected chi connectivity index (χ1v) is 2.57. The van der Waals surface area contributed by atoms with Crippen molar-refractivity contribution in [3.8, 4) is 0 Å². The van der Waals surface area contributed by atoms with Crippen LogP contribution in [0.4, 0.5) is 0 Å². The SMILES string of the molecule is C=CC(=O)OC(C)Cl.[Ru]. The number of halogens is 1. The Morgan fingerprint density at radius 3 is 2.44 bits per heavy atom. The minimum Gasteiger partial charge on any atom is -0.443 e. The molecule has 0 aliphatic heterocycles. The van der Waals surface area contributed by atoms with Crippen molar-refractivity contribution in [1.82, 2.24) is 0 Å². The van der Waals surface area contributed by atoms with Gasteiger partial charge in [-0.3, -0.25) is 0 Å². The second-order valence-corrected chi connectivity index (χ2v) is 1.80. The number of hydrogen-bond donors (Lipinski definition) is 0. The Labute approximate surface area is 72.0 Å². The standard InChI is InChI=1S/C5H7ClO2.Ru/c1-3-5(7)8-4(2)6;/h3-4H,1H2,2H3;. The molecule has 1 unspecified atom stereocenters. The van der Waals surface area contributed by atoms with E-state index in [0.29, 0.717) is 0 Å². The Bertz CT molecular complexity index is 103. The number of ether oxygens (including phenoxy) is 1. The fourth-order valence-electron chi connectivity index (χ4n) is 0.208. The van der Waals surface area contributed by atoms with Crippen molar-refractivity contribution in [2.45, 2.75) is 12.5 Å². The predicted molar refractivity (Wildman–Crippen MR) is 31.6 cm³/mol. The van der Waals surface area contributed by atoms with Crippen LogP contribution < -0.4 is 0 Å². The van der Waals surface area contributed by atoms with Crippen molar-refractivity contribution >= 4 is 17.6 Å². The van der Waals surface area contributed by atoms with Gasteiger partial charge < -0.3 is 4.74 Å². The van der Waals surface area contributed by atoms with Crippen molar-refractivity contribution in [2.75, 3.05) is 0 Å². The molecule has 0 saturated heterocycles. The summed E-state index contributed by atoms with van der Waals surface area (Å²) in [5.41, 5.74) is -0.569. The molecule has 4 heteroatoms. The monoisotopic (exact) mass is 236 g/mol. The van der Waals surface area contributed by atoms with Gasteiger partial charge in [-0.05, 0) is 6.92 Å². The molecule has 0 aromatic rings. The fraction of sp³-hybridized carbons (Fsp3) is 0.400. The van der Waals surface area contributed by atoms with Crippen LogP contribution in [0.15, 0.2) is 12.7 Å². The first kappa shape index (κ1) is 11.9. The van der Waals surface area contributed by atoms with Crippen molar-refractivity contribution in [3.63, 3.8) is 0 Å². The maximum absolute atomic E-state index is 10.2. The average molecular weight is 236 g/mol. The molecule has 0 aromatic heterocycles. The molecule has 0 aliphatic carbocycles. The molecular formula is C5H7ClO2Ru. The van der Waals surface area contributed by atoms with E-state index in [2.05, 4.69) is 11.3 Å². The first-order chi connectivity index (χ1) is 3.66. The summed E-state index contributed by atoms with van der Waals surface area (Å²) in [6.45, 7) is 4.74. The third-order valence-corrected chi connectivity index (χ3v) is 0.534. The summed E-state index contributed by atoms with van der Waals surface area (Å²) < 4.78 is 4.41. The van der Waals surface area contributed by atoms with Gasteiger partial charge in [-0.15, -0.1) is 0 Å². The number of carbonyl (C=O) groups excluding carboxylic acids is 1. The summed E-state index contributed by atoms with van der Waals surface area (Å²) in [4.78, 5) is 10.2. The minimum atomic E-state index is -0.569. The Morgan fingerprint density at radius 1 is 1.89 bits per heavy atom. The smallest absolute Gasteiger partial charge is 0.331 e. The molecule has 0 rings (SSSR count). The molecule has 54 valence electrons. The summed E-state index contributed by atoms with van der Waals surface area (Å²) >= 11 is 5.26. The Kier molecular flexibility index (Phi) is 8.23. The summed E-state index contributed by atoms with van der Waals surface area (Å²) in [5.74, 6) is -0.493. The van der Waals surface area contributed by atoms with Crippen LogP contribution in [0.5, 0.6) is 0 Å². The summed E-state index contributed by atoms with van der Waals surface area (Å²) in [7, 11) is 0. The second kappa shape index (κ2) is 6.25. The maximum Gasteiger partial charge on any atom is 0.331 e. The molecule has 0 heterocycles. The van der Waals surface area contributed by atoms with Gasteiger partial charge in [-0.2, -0.15) is 0 Å². The molecule has 0 spiro atoms. The number of carbonyl (C=O) groups is 1. The summed E-state index contributed by atoms with van der Waals surface area (Å²) in [6.07, 6.45) is 1.07. The quantitative estimate of drug-likeness (QED) is 0.312. The van der Waals surface area contributed by atoms with Gasteiger partial charge in [-0.1, -0.05) is 18.2 Å². The molecule has 0 saturated carbocycles. The van der Waals surface area contributed by atoms with Crippen LogP contribution in [-0.2, 0) is 29.0 Å². The third-order valence-electron chi connectivity index (χ3n) is 0.445. The second-order valence-electron chi connectivity index (χ2n) is 1.18. The number of esters is 1. The molecule has 0 radical (unpaired) electrons.